The molecule has 7 nitrogen and oxygen atoms in total. The molecule has 0 saturated heterocycles. The van der Waals surface area contributed by atoms with E-state index >= 15 is 0 Å². The van der Waals surface area contributed by atoms with Crippen LogP contribution in [-0.2, 0) is 11.3 Å². The van der Waals surface area contributed by atoms with Gasteiger partial charge in [0.05, 0.1) is 17.3 Å². The van der Waals surface area contributed by atoms with E-state index in [-0.39, 0.29) is 23.0 Å². The molecule has 2 heterocycles. The first kappa shape index (κ1) is 15.0. The second kappa shape index (κ2) is 6.07. The first-order valence-electron chi connectivity index (χ1n) is 6.05. The van der Waals surface area contributed by atoms with Crippen molar-refractivity contribution in [3.8, 4) is 5.75 Å². The van der Waals surface area contributed by atoms with E-state index in [0.717, 1.165) is 16.0 Å². The number of ether oxygens (including phenoxy) is 1. The molecular formula is C12H9Cl2N5O2S. The summed E-state index contributed by atoms with van der Waals surface area (Å²) in [5.41, 5.74) is 0.780. The number of halogens is 2. The molecule has 0 aliphatic rings. The molecule has 0 bridgehead atoms. The zero-order chi connectivity index (χ0) is 15.7. The Balaban J connectivity index is 1.75. The topological polar surface area (TPSA) is 81.9 Å². The van der Waals surface area contributed by atoms with Gasteiger partial charge in [-0.3, -0.25) is 4.79 Å². The third-order valence-corrected chi connectivity index (χ3v) is 4.11. The standard InChI is InChI=1S/C12H9Cl2N5O2S/c1-21-6-2-3-7-8(4-6)22-12(15-7)16-9(20)5-19-11(14)17-10(13)18-19/h2-4H,5H2,1H3,(H,15,16,20). The summed E-state index contributed by atoms with van der Waals surface area (Å²) in [6.07, 6.45) is 0. The normalized spacial score (nSPS) is 10.9. The molecule has 0 spiro atoms. The number of carbonyl (C=O) groups is 1. The van der Waals surface area contributed by atoms with E-state index < -0.39 is 0 Å². The Hall–Kier alpha value is -1.90. The van der Waals surface area contributed by atoms with Gasteiger partial charge in [0.25, 0.3) is 0 Å². The van der Waals surface area contributed by atoms with Crippen molar-refractivity contribution >= 4 is 55.8 Å². The van der Waals surface area contributed by atoms with Gasteiger partial charge in [0.15, 0.2) is 5.13 Å². The van der Waals surface area contributed by atoms with Crippen molar-refractivity contribution in [1.82, 2.24) is 19.7 Å². The molecule has 1 amide bonds. The predicted octanol–water partition coefficient (Wildman–Crippen LogP) is 2.84. The van der Waals surface area contributed by atoms with Crippen molar-refractivity contribution in [1.29, 1.82) is 0 Å². The summed E-state index contributed by atoms with van der Waals surface area (Å²) in [5, 5.41) is 7.02. The van der Waals surface area contributed by atoms with E-state index in [1.165, 1.54) is 16.0 Å². The molecular weight excluding hydrogens is 349 g/mol. The van der Waals surface area contributed by atoms with Gasteiger partial charge >= 0.3 is 0 Å². The fourth-order valence-electron chi connectivity index (χ4n) is 1.78. The van der Waals surface area contributed by atoms with Crippen LogP contribution in [-0.4, -0.2) is 32.8 Å². The minimum Gasteiger partial charge on any atom is -0.497 e. The summed E-state index contributed by atoms with van der Waals surface area (Å²) in [4.78, 5) is 20.0. The van der Waals surface area contributed by atoms with Crippen molar-refractivity contribution in [2.75, 3.05) is 12.4 Å². The van der Waals surface area contributed by atoms with E-state index in [9.17, 15) is 4.79 Å². The molecule has 0 saturated carbocycles. The highest BCUT2D eigenvalue weighted by atomic mass is 35.5. The predicted molar refractivity (Wildman–Crippen MR) is 84.8 cm³/mol. The molecule has 0 aliphatic carbocycles. The summed E-state index contributed by atoms with van der Waals surface area (Å²) < 4.78 is 7.27. The fraction of sp³-hybridized carbons (Fsp3) is 0.167. The number of aromatic nitrogens is 4. The highest BCUT2D eigenvalue weighted by molar-refractivity contribution is 7.22. The summed E-state index contributed by atoms with van der Waals surface area (Å²) in [6, 6.07) is 5.50. The Kier molecular flexibility index (Phi) is 4.14. The van der Waals surface area contributed by atoms with Crippen LogP contribution in [0.1, 0.15) is 0 Å². The number of nitrogens with zero attached hydrogens (tertiary/aromatic N) is 4. The van der Waals surface area contributed by atoms with Crippen LogP contribution in [0.25, 0.3) is 10.2 Å². The van der Waals surface area contributed by atoms with E-state index in [2.05, 4.69) is 20.4 Å². The zero-order valence-corrected chi connectivity index (χ0v) is 13.5. The molecule has 0 aliphatic heterocycles. The van der Waals surface area contributed by atoms with Gasteiger partial charge in [-0.05, 0) is 41.4 Å². The molecule has 114 valence electrons. The Morgan fingerprint density at radius 2 is 2.23 bits per heavy atom. The number of amides is 1. The van der Waals surface area contributed by atoms with Gasteiger partial charge in [-0.25, -0.2) is 9.67 Å². The lowest BCUT2D eigenvalue weighted by molar-refractivity contribution is -0.116. The van der Waals surface area contributed by atoms with Crippen LogP contribution in [0, 0.1) is 0 Å². The molecule has 0 fully saturated rings. The zero-order valence-electron chi connectivity index (χ0n) is 11.2. The van der Waals surface area contributed by atoms with Gasteiger partial charge < -0.3 is 10.1 Å². The number of methoxy groups -OCH3 is 1. The first-order valence-corrected chi connectivity index (χ1v) is 7.62. The number of rotatable bonds is 4. The second-order valence-corrected chi connectivity index (χ2v) is 5.92. The lowest BCUT2D eigenvalue weighted by Crippen LogP contribution is -2.19. The number of thiazole rings is 1. The van der Waals surface area contributed by atoms with Gasteiger partial charge in [0.1, 0.15) is 12.3 Å². The molecule has 0 unspecified atom stereocenters. The third-order valence-electron chi connectivity index (χ3n) is 2.74. The van der Waals surface area contributed by atoms with E-state index in [4.69, 9.17) is 27.9 Å². The molecule has 1 N–H and O–H groups in total. The number of nitrogens with one attached hydrogen (secondary N) is 1. The highest BCUT2D eigenvalue weighted by Crippen LogP contribution is 2.29. The maximum absolute atomic E-state index is 12.0. The van der Waals surface area contributed by atoms with Crippen molar-refractivity contribution in [2.45, 2.75) is 6.54 Å². The number of benzene rings is 1. The van der Waals surface area contributed by atoms with E-state index in [0.29, 0.717) is 5.13 Å². The van der Waals surface area contributed by atoms with Crippen LogP contribution < -0.4 is 10.1 Å². The SMILES string of the molecule is COc1ccc2nc(NC(=O)Cn3nc(Cl)nc3Cl)sc2c1. The van der Waals surface area contributed by atoms with Crippen LogP contribution >= 0.6 is 34.5 Å². The molecule has 3 aromatic rings. The van der Waals surface area contributed by atoms with Gasteiger partial charge in [0.2, 0.25) is 16.5 Å². The molecule has 0 atom stereocenters. The maximum atomic E-state index is 12.0. The number of fused-ring (bicyclic) bond motifs is 1. The van der Waals surface area contributed by atoms with Crippen LogP contribution in [0.3, 0.4) is 0 Å². The Morgan fingerprint density at radius 1 is 1.41 bits per heavy atom. The summed E-state index contributed by atoms with van der Waals surface area (Å²) >= 11 is 12.7. The van der Waals surface area contributed by atoms with Crippen molar-refractivity contribution in [3.63, 3.8) is 0 Å². The lowest BCUT2D eigenvalue weighted by Gasteiger charge is -2.01. The minimum atomic E-state index is -0.325. The van der Waals surface area contributed by atoms with Crippen LogP contribution in [0.5, 0.6) is 5.75 Å². The summed E-state index contributed by atoms with van der Waals surface area (Å²) in [7, 11) is 1.60. The molecule has 2 aromatic heterocycles. The van der Waals surface area contributed by atoms with E-state index in [1.54, 1.807) is 7.11 Å². The van der Waals surface area contributed by atoms with Crippen molar-refractivity contribution in [2.24, 2.45) is 0 Å². The van der Waals surface area contributed by atoms with Crippen LogP contribution in [0.15, 0.2) is 18.2 Å². The number of hydrogen-bond acceptors (Lipinski definition) is 6. The van der Waals surface area contributed by atoms with Crippen LogP contribution in [0.2, 0.25) is 10.6 Å². The highest BCUT2D eigenvalue weighted by Gasteiger charge is 2.12. The minimum absolute atomic E-state index is 0.00937. The van der Waals surface area contributed by atoms with Gasteiger partial charge in [-0.2, -0.15) is 4.98 Å². The average molecular weight is 358 g/mol. The number of hydrogen-bond donors (Lipinski definition) is 1. The van der Waals surface area contributed by atoms with E-state index in [1.807, 2.05) is 18.2 Å². The largest absolute Gasteiger partial charge is 0.497 e. The maximum Gasteiger partial charge on any atom is 0.248 e. The smallest absolute Gasteiger partial charge is 0.248 e. The van der Waals surface area contributed by atoms with Crippen molar-refractivity contribution < 1.29 is 9.53 Å². The molecule has 1 aromatic carbocycles. The number of carbonyl (C=O) groups excluding carboxylic acids is 1. The fourth-order valence-corrected chi connectivity index (χ4v) is 3.08. The van der Waals surface area contributed by atoms with Gasteiger partial charge in [0, 0.05) is 0 Å². The summed E-state index contributed by atoms with van der Waals surface area (Å²) in [5.74, 6) is 0.410. The molecule has 22 heavy (non-hydrogen) atoms. The van der Waals surface area contributed by atoms with Crippen LogP contribution in [0.4, 0.5) is 5.13 Å². The second-order valence-electron chi connectivity index (χ2n) is 4.21. The quantitative estimate of drug-likeness (QED) is 0.776. The Morgan fingerprint density at radius 3 is 2.91 bits per heavy atom. The van der Waals surface area contributed by atoms with Gasteiger partial charge in [-0.15, -0.1) is 5.10 Å². The number of anilines is 1. The Labute approximate surface area is 138 Å². The first-order chi connectivity index (χ1) is 10.5. The summed E-state index contributed by atoms with van der Waals surface area (Å²) in [6.45, 7) is -0.0994. The van der Waals surface area contributed by atoms with Gasteiger partial charge in [-0.1, -0.05) is 11.3 Å². The molecule has 10 heteroatoms. The lowest BCUT2D eigenvalue weighted by atomic mass is 10.3. The monoisotopic (exact) mass is 357 g/mol. The molecule has 3 rings (SSSR count). The third kappa shape index (κ3) is 3.13. The average Bonchev–Trinajstić information content (AvgIpc) is 3.00. The molecule has 0 radical (unpaired) electrons. The van der Waals surface area contributed by atoms with Crippen molar-refractivity contribution in [3.05, 3.63) is 28.8 Å². The Bertz CT molecular complexity index is 847.